The summed E-state index contributed by atoms with van der Waals surface area (Å²) >= 11 is 3.16. The molecule has 3 aliphatic carbocycles. The number of rotatable bonds is 37. The van der Waals surface area contributed by atoms with Gasteiger partial charge in [0, 0.05) is 52.1 Å². The molecule has 476 valence electrons. The van der Waals surface area contributed by atoms with Crippen LogP contribution in [0.4, 0.5) is 5.69 Å². The molecule has 5 aliphatic rings. The number of benzene rings is 5. The van der Waals surface area contributed by atoms with Crippen molar-refractivity contribution in [2.75, 3.05) is 92.6 Å². The minimum Gasteiger partial charge on any atom is -0.393 e. The first kappa shape index (κ1) is 68.5. The van der Waals surface area contributed by atoms with Gasteiger partial charge in [-0.15, -0.1) is 22.7 Å². The van der Waals surface area contributed by atoms with Crippen molar-refractivity contribution in [3.05, 3.63) is 142 Å². The van der Waals surface area contributed by atoms with Gasteiger partial charge in [-0.25, -0.2) is 15.0 Å². The third-order valence-corrected chi connectivity index (χ3v) is 19.2. The third-order valence-electron chi connectivity index (χ3n) is 15.2. The lowest BCUT2D eigenvalue weighted by molar-refractivity contribution is 0.00322. The van der Waals surface area contributed by atoms with Gasteiger partial charge in [0.1, 0.15) is 4.90 Å². The number of ether oxygens (including phenoxy) is 4. The van der Waals surface area contributed by atoms with Crippen molar-refractivity contribution in [2.24, 2.45) is 9.98 Å². The van der Waals surface area contributed by atoms with E-state index in [4.69, 9.17) is 33.9 Å². The summed E-state index contributed by atoms with van der Waals surface area (Å²) in [4.78, 5) is 25.2. The summed E-state index contributed by atoms with van der Waals surface area (Å²) in [6, 6.07) is 29.7. The third kappa shape index (κ3) is 21.7. The summed E-state index contributed by atoms with van der Waals surface area (Å²) in [6.07, 6.45) is 6.65. The van der Waals surface area contributed by atoms with Gasteiger partial charge in [0.15, 0.2) is 0 Å². The van der Waals surface area contributed by atoms with Gasteiger partial charge >= 0.3 is 0 Å². The molecule has 2 aliphatic heterocycles. The van der Waals surface area contributed by atoms with Crippen LogP contribution in [0.5, 0.6) is 0 Å². The van der Waals surface area contributed by atoms with E-state index >= 15 is 0 Å². The molecule has 0 saturated heterocycles. The molecule has 0 saturated carbocycles. The maximum atomic E-state index is 12.1. The number of allylic oxidation sites excluding steroid dienone is 3. The first-order valence-electron chi connectivity index (χ1n) is 30.0. The highest BCUT2D eigenvalue weighted by Crippen LogP contribution is 2.33. The molecule has 2 heterocycles. The van der Waals surface area contributed by atoms with Gasteiger partial charge in [-0.05, 0) is 155 Å². The molecule has 24 heteroatoms. The predicted molar refractivity (Wildman–Crippen MR) is 343 cm³/mol. The van der Waals surface area contributed by atoms with E-state index in [1.807, 2.05) is 55.5 Å². The summed E-state index contributed by atoms with van der Waals surface area (Å²) in [6.45, 7) is 7.69. The Hall–Kier alpha value is -5.36. The standard InChI is InChI=1S/C64H82N6O14S4/c1-3-49(71)12-9-13-50(72)42-83-35-31-70(28-26-46-38-59-63(85-60-19-6-4-17-54(60)67-59)41-57(46)66-47-11-8-16-53(39-47)87(75,76)77)32-36-84-44-52(74)15-10-14-51(73)43-82-34-30-69(29-33-81-2)27-25-45-21-24-61-58(37-45)68-55-23-22-48(40-62(55)86-61)65-56-18-5-7-20-64(56)88(78,79)80/h4-7,16-24,37-41,49-52,71-74H,3,8-15,25-36,42-44H2,1-2H3,(H,75,76,77)(H,78,79,80). The van der Waals surface area contributed by atoms with Gasteiger partial charge in [-0.2, -0.15) is 16.8 Å². The van der Waals surface area contributed by atoms with E-state index in [-0.39, 0.29) is 41.4 Å². The molecule has 0 fully saturated rings. The van der Waals surface area contributed by atoms with Gasteiger partial charge in [0.2, 0.25) is 0 Å². The van der Waals surface area contributed by atoms with Crippen molar-refractivity contribution >= 4 is 69.0 Å². The zero-order valence-corrected chi connectivity index (χ0v) is 53.2. The second-order valence-electron chi connectivity index (χ2n) is 22.0. The molecule has 0 radical (unpaired) electrons. The van der Waals surface area contributed by atoms with Crippen molar-refractivity contribution in [2.45, 2.75) is 107 Å². The fraction of sp³-hybridized carbons (Fsp3) is 0.469. The molecule has 4 unspecified atom stereocenters. The van der Waals surface area contributed by atoms with E-state index in [1.54, 1.807) is 41.9 Å². The Morgan fingerprint density at radius 2 is 1.19 bits per heavy atom. The number of aliphatic hydroxyl groups is 4. The second kappa shape index (κ2) is 34.2. The van der Waals surface area contributed by atoms with Gasteiger partial charge in [-0.1, -0.05) is 43.3 Å². The topological polar surface area (TPSA) is 284 Å². The second-order valence-corrected chi connectivity index (χ2v) is 27.0. The zero-order chi connectivity index (χ0) is 62.5. The quantitative estimate of drug-likeness (QED) is 0.0121. The van der Waals surface area contributed by atoms with Crippen LogP contribution in [-0.2, 0) is 52.0 Å². The van der Waals surface area contributed by atoms with Crippen molar-refractivity contribution in [3.8, 4) is 21.1 Å². The minimum absolute atomic E-state index is 0.115. The van der Waals surface area contributed by atoms with Gasteiger partial charge < -0.3 is 39.4 Å². The van der Waals surface area contributed by atoms with E-state index in [0.717, 1.165) is 65.7 Å². The Morgan fingerprint density at radius 3 is 1.84 bits per heavy atom. The maximum absolute atomic E-state index is 12.1. The summed E-state index contributed by atoms with van der Waals surface area (Å²) < 4.78 is 92.8. The average molecular weight is 1290 g/mol. The Morgan fingerprint density at radius 1 is 0.602 bits per heavy atom. The number of hydrogen-bond donors (Lipinski definition) is 6. The molecule has 88 heavy (non-hydrogen) atoms. The minimum atomic E-state index is -4.44. The lowest BCUT2D eigenvalue weighted by Crippen LogP contribution is -2.34. The smallest absolute Gasteiger partial charge is 0.296 e. The average Bonchev–Trinajstić information content (AvgIpc) is 2.22. The van der Waals surface area contributed by atoms with Crippen LogP contribution in [0.25, 0.3) is 41.6 Å². The molecule has 0 bridgehead atoms. The van der Waals surface area contributed by atoms with Crippen molar-refractivity contribution in [1.82, 2.24) is 19.8 Å². The summed E-state index contributed by atoms with van der Waals surface area (Å²) in [5.74, 6) is 0. The molecule has 3 aromatic rings. The number of hydrogen-bond acceptors (Lipinski definition) is 20. The molecule has 4 atom stereocenters. The van der Waals surface area contributed by atoms with Gasteiger partial charge in [0.05, 0.1) is 134 Å². The number of methoxy groups -OCH3 is 1. The van der Waals surface area contributed by atoms with Crippen molar-refractivity contribution in [1.29, 1.82) is 0 Å². The van der Waals surface area contributed by atoms with Crippen LogP contribution in [0.1, 0.15) is 75.8 Å². The van der Waals surface area contributed by atoms with Gasteiger partial charge in [0.25, 0.3) is 20.2 Å². The van der Waals surface area contributed by atoms with Crippen LogP contribution in [-0.4, -0.2) is 183 Å². The van der Waals surface area contributed by atoms with Crippen LogP contribution >= 0.6 is 22.7 Å². The number of fused-ring (bicyclic) bond motifs is 4. The first-order valence-corrected chi connectivity index (χ1v) is 34.5. The fourth-order valence-corrected chi connectivity index (χ4v) is 13.4. The van der Waals surface area contributed by atoms with E-state index in [9.17, 15) is 46.4 Å². The first-order chi connectivity index (χ1) is 42.4. The van der Waals surface area contributed by atoms with Crippen molar-refractivity contribution in [3.63, 3.8) is 0 Å². The molecule has 20 nitrogen and oxygen atoms in total. The fourth-order valence-electron chi connectivity index (χ4n) is 10.2. The summed E-state index contributed by atoms with van der Waals surface area (Å²) in [5.41, 5.74) is 6.03. The van der Waals surface area contributed by atoms with Crippen LogP contribution in [0.15, 0.2) is 135 Å². The molecule has 8 rings (SSSR count). The number of aromatic nitrogens is 2. The van der Waals surface area contributed by atoms with E-state index < -0.39 is 38.5 Å². The molecule has 0 spiro atoms. The van der Waals surface area contributed by atoms with Crippen molar-refractivity contribution < 1.29 is 65.3 Å². The molecular weight excluding hydrogens is 1200 g/mol. The number of para-hydroxylation sites is 2. The molecule has 0 aromatic heterocycles. The van der Waals surface area contributed by atoms with Crippen LogP contribution < -0.4 is 10.7 Å². The number of nitrogens with zero attached hydrogens (tertiary/aromatic N) is 6. The highest BCUT2D eigenvalue weighted by atomic mass is 32.2. The maximum Gasteiger partial charge on any atom is 0.296 e. The Bertz CT molecular complexity index is 3750. The zero-order valence-electron chi connectivity index (χ0n) is 49.9. The van der Waals surface area contributed by atoms with E-state index in [1.165, 1.54) is 30.4 Å². The highest BCUT2D eigenvalue weighted by Gasteiger charge is 2.20. The van der Waals surface area contributed by atoms with Crippen LogP contribution in [0, 0.1) is 0 Å². The predicted octanol–water partition coefficient (Wildman–Crippen LogP) is 8.22. The Kier molecular flexibility index (Phi) is 26.6. The van der Waals surface area contributed by atoms with Crippen LogP contribution in [0.2, 0.25) is 0 Å². The van der Waals surface area contributed by atoms with Crippen LogP contribution in [0.3, 0.4) is 0 Å². The number of aliphatic hydroxyl groups excluding tert-OH is 4. The lowest BCUT2D eigenvalue weighted by atomic mass is 10.1. The summed E-state index contributed by atoms with van der Waals surface area (Å²) in [7, 11) is -7.18. The monoisotopic (exact) mass is 1290 g/mol. The Labute approximate surface area is 523 Å². The summed E-state index contributed by atoms with van der Waals surface area (Å²) in [5, 5.41) is 43.5. The molecule has 6 N–H and O–H groups in total. The molecular formula is C64H82N6O14S4. The van der Waals surface area contributed by atoms with E-state index in [2.05, 4.69) is 33.0 Å². The lowest BCUT2D eigenvalue weighted by Gasteiger charge is -2.23. The molecule has 0 amide bonds. The van der Waals surface area contributed by atoms with Gasteiger partial charge in [-0.3, -0.25) is 23.9 Å². The molecule has 3 aromatic carbocycles. The van der Waals surface area contributed by atoms with E-state index in [0.29, 0.717) is 140 Å². The largest absolute Gasteiger partial charge is 0.393 e. The normalized spacial score (nSPS) is 15.2. The highest BCUT2D eigenvalue weighted by molar-refractivity contribution is 7.90. The Balaban J connectivity index is 0.791. The SMILES string of the molecule is CCC(O)CCCC(O)COCCN(CCOCC(O)CCCC(O)COCCN(CCOC)CCc1ccc2sc3cc(=Nc4ccccc4S(=O)(=O)O)ccc-3nc2c1)CCc1cc2nc3ccccc3sc-2cc1=NC1=CC(S(=O)(=O)O)=CCC1.